The average molecular weight is 474 g/mol. The van der Waals surface area contributed by atoms with Crippen molar-refractivity contribution in [2.75, 3.05) is 32.8 Å². The van der Waals surface area contributed by atoms with Gasteiger partial charge in [-0.3, -0.25) is 14.8 Å². The van der Waals surface area contributed by atoms with E-state index in [-0.39, 0.29) is 0 Å². The van der Waals surface area contributed by atoms with E-state index in [1.165, 1.54) is 16.7 Å². The molecule has 184 valence electrons. The number of aliphatic hydroxyl groups is 1. The van der Waals surface area contributed by atoms with Crippen molar-refractivity contribution in [3.63, 3.8) is 0 Å². The Morgan fingerprint density at radius 3 is 2.49 bits per heavy atom. The zero-order valence-corrected chi connectivity index (χ0v) is 20.5. The van der Waals surface area contributed by atoms with E-state index in [1.54, 1.807) is 12.4 Å². The van der Waals surface area contributed by atoms with Gasteiger partial charge in [-0.2, -0.15) is 0 Å². The number of hydrogen-bond donors (Lipinski definition) is 1. The summed E-state index contributed by atoms with van der Waals surface area (Å²) >= 11 is 0. The topological polar surface area (TPSA) is 58.1 Å². The molecule has 0 unspecified atom stereocenters. The van der Waals surface area contributed by atoms with Gasteiger partial charge in [-0.25, -0.2) is 0 Å². The SMILES string of the molecule is CCOc1ccc(CN2CCOc3ccc(CN4CCC(O)(c5cccnc5)CC4)cc3C2)cc1. The van der Waals surface area contributed by atoms with E-state index in [4.69, 9.17) is 9.47 Å². The lowest BCUT2D eigenvalue weighted by molar-refractivity contribution is -0.0279. The molecule has 2 aliphatic rings. The Labute approximate surface area is 208 Å². The minimum Gasteiger partial charge on any atom is -0.494 e. The predicted octanol–water partition coefficient (Wildman–Crippen LogP) is 4.36. The molecule has 2 aliphatic heterocycles. The van der Waals surface area contributed by atoms with E-state index in [0.717, 1.165) is 69.2 Å². The minimum atomic E-state index is -0.770. The molecular formula is C29H35N3O3. The molecule has 6 nitrogen and oxygen atoms in total. The fourth-order valence-electron chi connectivity index (χ4n) is 5.12. The molecule has 2 aromatic carbocycles. The fraction of sp³-hybridized carbons (Fsp3) is 0.414. The highest BCUT2D eigenvalue weighted by Gasteiger charge is 2.34. The minimum absolute atomic E-state index is 0.685. The molecule has 35 heavy (non-hydrogen) atoms. The van der Waals surface area contributed by atoms with Crippen LogP contribution in [0.4, 0.5) is 0 Å². The fourth-order valence-corrected chi connectivity index (χ4v) is 5.12. The second-order valence-electron chi connectivity index (χ2n) is 9.63. The zero-order chi connectivity index (χ0) is 24.1. The van der Waals surface area contributed by atoms with Crippen molar-refractivity contribution in [3.05, 3.63) is 89.2 Å². The molecule has 1 N–H and O–H groups in total. The highest BCUT2D eigenvalue weighted by atomic mass is 16.5. The molecule has 1 saturated heterocycles. The molecule has 0 aliphatic carbocycles. The van der Waals surface area contributed by atoms with Crippen molar-refractivity contribution >= 4 is 0 Å². The van der Waals surface area contributed by atoms with Gasteiger partial charge in [0.05, 0.1) is 12.2 Å². The largest absolute Gasteiger partial charge is 0.494 e. The molecular weight excluding hydrogens is 438 g/mol. The number of likely N-dealkylation sites (tertiary alicyclic amines) is 1. The predicted molar refractivity (Wildman–Crippen MR) is 136 cm³/mol. The second kappa shape index (κ2) is 10.8. The van der Waals surface area contributed by atoms with Gasteiger partial charge < -0.3 is 14.6 Å². The molecule has 1 fully saturated rings. The van der Waals surface area contributed by atoms with Crippen LogP contribution in [0, 0.1) is 0 Å². The van der Waals surface area contributed by atoms with E-state index in [0.29, 0.717) is 13.2 Å². The Balaban J connectivity index is 1.20. The number of hydrogen-bond acceptors (Lipinski definition) is 6. The second-order valence-corrected chi connectivity index (χ2v) is 9.63. The first-order valence-corrected chi connectivity index (χ1v) is 12.7. The Bertz CT molecular complexity index is 1100. The van der Waals surface area contributed by atoms with Crippen LogP contribution in [0.15, 0.2) is 67.0 Å². The molecule has 5 rings (SSSR count). The number of benzene rings is 2. The van der Waals surface area contributed by atoms with Crippen LogP contribution in [0.25, 0.3) is 0 Å². The third-order valence-corrected chi connectivity index (χ3v) is 7.11. The molecule has 0 saturated carbocycles. The molecule has 0 amide bonds. The molecule has 0 bridgehead atoms. The van der Waals surface area contributed by atoms with Crippen LogP contribution in [-0.2, 0) is 25.2 Å². The summed E-state index contributed by atoms with van der Waals surface area (Å²) in [6, 6.07) is 18.9. The Hall–Kier alpha value is -2.93. The molecule has 0 spiro atoms. The molecule has 1 aromatic heterocycles. The van der Waals surface area contributed by atoms with Crippen molar-refractivity contribution in [3.8, 4) is 11.5 Å². The van der Waals surface area contributed by atoms with Gasteiger partial charge in [0.2, 0.25) is 0 Å². The van der Waals surface area contributed by atoms with E-state index >= 15 is 0 Å². The van der Waals surface area contributed by atoms with Gasteiger partial charge in [0.1, 0.15) is 18.1 Å². The number of fused-ring (bicyclic) bond motifs is 1. The van der Waals surface area contributed by atoms with Crippen molar-refractivity contribution in [2.24, 2.45) is 0 Å². The Morgan fingerprint density at radius 1 is 0.971 bits per heavy atom. The molecule has 3 aromatic rings. The van der Waals surface area contributed by atoms with Gasteiger partial charge in [0.15, 0.2) is 0 Å². The number of aromatic nitrogens is 1. The number of piperidine rings is 1. The van der Waals surface area contributed by atoms with Crippen LogP contribution in [0.1, 0.15) is 42.0 Å². The maximum Gasteiger partial charge on any atom is 0.123 e. The first-order valence-electron chi connectivity index (χ1n) is 12.7. The summed E-state index contributed by atoms with van der Waals surface area (Å²) in [4.78, 5) is 9.07. The van der Waals surface area contributed by atoms with Gasteiger partial charge in [-0.15, -0.1) is 0 Å². The molecule has 6 heteroatoms. The molecule has 3 heterocycles. The summed E-state index contributed by atoms with van der Waals surface area (Å²) in [7, 11) is 0. The standard InChI is InChI=1S/C29H35N3O3/c1-2-34-27-8-5-23(6-9-27)20-32-16-17-35-28-10-7-24(18-25(28)22-32)21-31-14-11-29(33,12-15-31)26-4-3-13-30-19-26/h3-10,13,18-19,33H,2,11-12,14-17,20-22H2,1H3. The highest BCUT2D eigenvalue weighted by molar-refractivity contribution is 5.38. The van der Waals surface area contributed by atoms with Crippen molar-refractivity contribution in [1.82, 2.24) is 14.8 Å². The average Bonchev–Trinajstić information content (AvgIpc) is 3.09. The zero-order valence-electron chi connectivity index (χ0n) is 20.5. The number of ether oxygens (including phenoxy) is 2. The van der Waals surface area contributed by atoms with Crippen LogP contribution in [0.2, 0.25) is 0 Å². The quantitative estimate of drug-likeness (QED) is 0.550. The lowest BCUT2D eigenvalue weighted by Gasteiger charge is -2.38. The Kier molecular flexibility index (Phi) is 7.32. The summed E-state index contributed by atoms with van der Waals surface area (Å²) in [6.45, 7) is 8.66. The van der Waals surface area contributed by atoms with Gasteiger partial charge in [0.25, 0.3) is 0 Å². The van der Waals surface area contributed by atoms with E-state index < -0.39 is 5.60 Å². The van der Waals surface area contributed by atoms with Gasteiger partial charge in [0, 0.05) is 62.8 Å². The first kappa shape index (κ1) is 23.8. The number of rotatable bonds is 7. The van der Waals surface area contributed by atoms with Crippen LogP contribution in [0.5, 0.6) is 11.5 Å². The van der Waals surface area contributed by atoms with Crippen molar-refractivity contribution in [1.29, 1.82) is 0 Å². The summed E-state index contributed by atoms with van der Waals surface area (Å²) in [5.41, 5.74) is 3.97. The highest BCUT2D eigenvalue weighted by Crippen LogP contribution is 2.33. The van der Waals surface area contributed by atoms with Gasteiger partial charge >= 0.3 is 0 Å². The number of nitrogens with zero attached hydrogens (tertiary/aromatic N) is 3. The lowest BCUT2D eigenvalue weighted by Crippen LogP contribution is -2.42. The smallest absolute Gasteiger partial charge is 0.123 e. The van der Waals surface area contributed by atoms with Gasteiger partial charge in [-0.05, 0) is 61.2 Å². The Morgan fingerprint density at radius 2 is 1.74 bits per heavy atom. The van der Waals surface area contributed by atoms with Crippen LogP contribution in [0.3, 0.4) is 0 Å². The van der Waals surface area contributed by atoms with Crippen molar-refractivity contribution < 1.29 is 14.6 Å². The van der Waals surface area contributed by atoms with Crippen LogP contribution >= 0.6 is 0 Å². The van der Waals surface area contributed by atoms with Gasteiger partial charge in [-0.1, -0.05) is 24.3 Å². The maximum atomic E-state index is 11.1. The normalized spacial score (nSPS) is 18.3. The third-order valence-electron chi connectivity index (χ3n) is 7.11. The van der Waals surface area contributed by atoms with E-state index in [2.05, 4.69) is 45.1 Å². The summed E-state index contributed by atoms with van der Waals surface area (Å²) < 4.78 is 11.6. The van der Waals surface area contributed by atoms with Crippen LogP contribution in [-0.4, -0.2) is 52.7 Å². The number of pyridine rings is 1. The summed E-state index contributed by atoms with van der Waals surface area (Å²) in [5, 5.41) is 11.1. The van der Waals surface area contributed by atoms with E-state index in [9.17, 15) is 5.11 Å². The summed E-state index contributed by atoms with van der Waals surface area (Å²) in [6.07, 6.45) is 5.00. The molecule has 0 radical (unpaired) electrons. The van der Waals surface area contributed by atoms with Crippen molar-refractivity contribution in [2.45, 2.75) is 45.0 Å². The van der Waals surface area contributed by atoms with Crippen LogP contribution < -0.4 is 9.47 Å². The summed E-state index contributed by atoms with van der Waals surface area (Å²) in [5.74, 6) is 1.91. The first-order chi connectivity index (χ1) is 17.1. The monoisotopic (exact) mass is 473 g/mol. The maximum absolute atomic E-state index is 11.1. The third kappa shape index (κ3) is 5.84. The lowest BCUT2D eigenvalue weighted by atomic mass is 9.85. The van der Waals surface area contributed by atoms with E-state index in [1.807, 2.05) is 31.2 Å². The molecule has 0 atom stereocenters.